The molecular formula is C24H38N6O2. The third-order valence-electron chi connectivity index (χ3n) is 6.49. The Morgan fingerprint density at radius 3 is 1.38 bits per heavy atom. The molecule has 3 rings (SSSR count). The highest BCUT2D eigenvalue weighted by Gasteiger charge is 2.31. The topological polar surface area (TPSA) is 93.8 Å². The van der Waals surface area contributed by atoms with Gasteiger partial charge in [-0.3, -0.25) is 19.0 Å². The lowest BCUT2D eigenvalue weighted by atomic mass is 9.81. The Balaban J connectivity index is 1.46. The molecule has 0 aliphatic heterocycles. The van der Waals surface area contributed by atoms with E-state index in [2.05, 4.69) is 48.5 Å². The van der Waals surface area contributed by atoms with E-state index in [-0.39, 0.29) is 35.7 Å². The quantitative estimate of drug-likeness (QED) is 0.643. The van der Waals surface area contributed by atoms with Crippen LogP contribution in [0.2, 0.25) is 0 Å². The number of rotatable bonds is 8. The number of nitrogens with zero attached hydrogens (tertiary/aromatic N) is 4. The Hall–Kier alpha value is -2.64. The SMILES string of the molecule is CC(NC(=O)C1CCC(C(=O)NC(C)c2cnn(C(C)C)c2)CC1)c1cnn(C(C)C)c1. The summed E-state index contributed by atoms with van der Waals surface area (Å²) >= 11 is 0. The predicted octanol–water partition coefficient (Wildman–Crippen LogP) is 4.10. The molecule has 0 radical (unpaired) electrons. The molecule has 0 spiro atoms. The molecule has 0 bridgehead atoms. The molecule has 32 heavy (non-hydrogen) atoms. The Kier molecular flexibility index (Phi) is 7.74. The van der Waals surface area contributed by atoms with Crippen LogP contribution in [-0.2, 0) is 9.59 Å². The van der Waals surface area contributed by atoms with Gasteiger partial charge in [-0.1, -0.05) is 0 Å². The molecule has 176 valence electrons. The molecule has 2 atom stereocenters. The molecule has 2 N–H and O–H groups in total. The minimum absolute atomic E-state index is 0.0386. The van der Waals surface area contributed by atoms with Gasteiger partial charge in [0.15, 0.2) is 0 Å². The summed E-state index contributed by atoms with van der Waals surface area (Å²) in [6, 6.07) is 0.427. The van der Waals surface area contributed by atoms with Crippen molar-refractivity contribution in [1.29, 1.82) is 0 Å². The molecule has 2 amide bonds. The van der Waals surface area contributed by atoms with E-state index in [9.17, 15) is 9.59 Å². The number of nitrogens with one attached hydrogen (secondary N) is 2. The first-order valence-electron chi connectivity index (χ1n) is 11.8. The van der Waals surface area contributed by atoms with Gasteiger partial charge < -0.3 is 10.6 Å². The lowest BCUT2D eigenvalue weighted by molar-refractivity contribution is -0.131. The standard InChI is InChI=1S/C24H38N6O2/c1-15(2)29-13-21(11-25-29)17(5)27-23(31)19-7-9-20(10-8-19)24(32)28-18(6)22-12-26-30(14-22)16(3)4/h11-20H,7-10H2,1-6H3,(H,27,31)(H,28,32). The highest BCUT2D eigenvalue weighted by Crippen LogP contribution is 2.30. The van der Waals surface area contributed by atoms with Crippen molar-refractivity contribution in [1.82, 2.24) is 30.2 Å². The molecular weight excluding hydrogens is 404 g/mol. The zero-order valence-corrected chi connectivity index (χ0v) is 20.2. The van der Waals surface area contributed by atoms with Gasteiger partial charge >= 0.3 is 0 Å². The van der Waals surface area contributed by atoms with Gasteiger partial charge in [-0.25, -0.2) is 0 Å². The second-order valence-corrected chi connectivity index (χ2v) is 9.70. The number of amides is 2. The van der Waals surface area contributed by atoms with Gasteiger partial charge in [0.1, 0.15) is 0 Å². The number of hydrogen-bond donors (Lipinski definition) is 2. The van der Waals surface area contributed by atoms with Gasteiger partial charge in [0.25, 0.3) is 0 Å². The Morgan fingerprint density at radius 2 is 1.09 bits per heavy atom. The van der Waals surface area contributed by atoms with Crippen LogP contribution in [0.3, 0.4) is 0 Å². The van der Waals surface area contributed by atoms with Gasteiger partial charge in [0, 0.05) is 47.4 Å². The first-order valence-corrected chi connectivity index (χ1v) is 11.8. The highest BCUT2D eigenvalue weighted by molar-refractivity contribution is 5.81. The highest BCUT2D eigenvalue weighted by atomic mass is 16.2. The van der Waals surface area contributed by atoms with Gasteiger partial charge in [0.2, 0.25) is 11.8 Å². The van der Waals surface area contributed by atoms with Crippen molar-refractivity contribution in [3.05, 3.63) is 35.9 Å². The van der Waals surface area contributed by atoms with E-state index >= 15 is 0 Å². The molecule has 1 aliphatic carbocycles. The fourth-order valence-corrected chi connectivity index (χ4v) is 4.16. The van der Waals surface area contributed by atoms with Gasteiger partial charge in [-0.15, -0.1) is 0 Å². The maximum atomic E-state index is 12.8. The molecule has 0 saturated heterocycles. The second-order valence-electron chi connectivity index (χ2n) is 9.70. The summed E-state index contributed by atoms with van der Waals surface area (Å²) in [7, 11) is 0. The third-order valence-corrected chi connectivity index (χ3v) is 6.49. The Labute approximate surface area is 191 Å². The second kappa shape index (κ2) is 10.3. The van der Waals surface area contributed by atoms with Crippen LogP contribution in [0, 0.1) is 11.8 Å². The van der Waals surface area contributed by atoms with E-state index in [0.29, 0.717) is 12.1 Å². The van der Waals surface area contributed by atoms with Gasteiger partial charge in [0.05, 0.1) is 24.5 Å². The molecule has 8 heteroatoms. The van der Waals surface area contributed by atoms with Crippen LogP contribution in [0.25, 0.3) is 0 Å². The van der Waals surface area contributed by atoms with Crippen molar-refractivity contribution in [2.75, 3.05) is 0 Å². The maximum Gasteiger partial charge on any atom is 0.223 e. The molecule has 1 aliphatic rings. The number of hydrogen-bond acceptors (Lipinski definition) is 4. The van der Waals surface area contributed by atoms with Crippen molar-refractivity contribution >= 4 is 11.8 Å². The molecule has 2 unspecified atom stereocenters. The first-order chi connectivity index (χ1) is 15.2. The summed E-state index contributed by atoms with van der Waals surface area (Å²) in [4.78, 5) is 25.5. The molecule has 1 saturated carbocycles. The lowest BCUT2D eigenvalue weighted by Gasteiger charge is -2.28. The average Bonchev–Trinajstić information content (AvgIpc) is 3.44. The molecule has 0 aromatic carbocycles. The maximum absolute atomic E-state index is 12.8. The minimum Gasteiger partial charge on any atom is -0.349 e. The lowest BCUT2D eigenvalue weighted by Crippen LogP contribution is -2.38. The fourth-order valence-electron chi connectivity index (χ4n) is 4.16. The van der Waals surface area contributed by atoms with Crippen molar-refractivity contribution in [3.8, 4) is 0 Å². The summed E-state index contributed by atoms with van der Waals surface area (Å²) < 4.78 is 3.80. The Bertz CT molecular complexity index is 833. The van der Waals surface area contributed by atoms with E-state index in [4.69, 9.17) is 0 Å². The molecule has 8 nitrogen and oxygen atoms in total. The van der Waals surface area contributed by atoms with Crippen molar-refractivity contribution in [3.63, 3.8) is 0 Å². The zero-order valence-electron chi connectivity index (χ0n) is 20.2. The number of aromatic nitrogens is 4. The number of carbonyl (C=O) groups is 2. The fraction of sp³-hybridized carbons (Fsp3) is 0.667. The van der Waals surface area contributed by atoms with E-state index < -0.39 is 0 Å². The summed E-state index contributed by atoms with van der Waals surface area (Å²) in [6.45, 7) is 12.3. The monoisotopic (exact) mass is 442 g/mol. The third kappa shape index (κ3) is 5.78. The molecule has 2 aromatic rings. The van der Waals surface area contributed by atoms with Crippen LogP contribution in [0.1, 0.15) is 103 Å². The minimum atomic E-state index is -0.0800. The summed E-state index contributed by atoms with van der Waals surface area (Å²) in [5.74, 6) is 0.0675. The first kappa shape index (κ1) is 24.0. The van der Waals surface area contributed by atoms with Crippen LogP contribution in [0.5, 0.6) is 0 Å². The van der Waals surface area contributed by atoms with E-state index in [1.54, 1.807) is 0 Å². The van der Waals surface area contributed by atoms with E-state index in [1.807, 2.05) is 48.0 Å². The van der Waals surface area contributed by atoms with Crippen molar-refractivity contribution < 1.29 is 9.59 Å². The number of carbonyl (C=O) groups excluding carboxylic acids is 2. The largest absolute Gasteiger partial charge is 0.349 e. The van der Waals surface area contributed by atoms with Crippen LogP contribution in [0.4, 0.5) is 0 Å². The van der Waals surface area contributed by atoms with Crippen LogP contribution < -0.4 is 10.6 Å². The molecule has 2 aromatic heterocycles. The summed E-state index contributed by atoms with van der Waals surface area (Å²) in [6.07, 6.45) is 10.6. The average molecular weight is 443 g/mol. The summed E-state index contributed by atoms with van der Waals surface area (Å²) in [5, 5.41) is 15.0. The van der Waals surface area contributed by atoms with E-state index in [0.717, 1.165) is 36.8 Å². The normalized spacial score (nSPS) is 20.9. The van der Waals surface area contributed by atoms with Crippen molar-refractivity contribution in [2.45, 2.75) is 91.4 Å². The van der Waals surface area contributed by atoms with Gasteiger partial charge in [-0.2, -0.15) is 10.2 Å². The summed E-state index contributed by atoms with van der Waals surface area (Å²) in [5.41, 5.74) is 2.02. The van der Waals surface area contributed by atoms with E-state index in [1.165, 1.54) is 0 Å². The smallest absolute Gasteiger partial charge is 0.223 e. The van der Waals surface area contributed by atoms with Crippen LogP contribution in [0.15, 0.2) is 24.8 Å². The Morgan fingerprint density at radius 1 is 0.750 bits per heavy atom. The van der Waals surface area contributed by atoms with Gasteiger partial charge in [-0.05, 0) is 67.2 Å². The van der Waals surface area contributed by atoms with Crippen LogP contribution >= 0.6 is 0 Å². The predicted molar refractivity (Wildman–Crippen MR) is 124 cm³/mol. The molecule has 1 fully saturated rings. The molecule has 2 heterocycles. The zero-order chi connectivity index (χ0) is 23.4. The van der Waals surface area contributed by atoms with Crippen LogP contribution in [-0.4, -0.2) is 31.4 Å². The van der Waals surface area contributed by atoms with Crippen molar-refractivity contribution in [2.24, 2.45) is 11.8 Å².